The van der Waals surface area contributed by atoms with Crippen LogP contribution in [-0.4, -0.2) is 36.7 Å². The number of hydrogen-bond acceptors (Lipinski definition) is 5. The number of nitrogens with zero attached hydrogens (tertiary/aromatic N) is 1. The topological polar surface area (TPSA) is 105 Å². The van der Waals surface area contributed by atoms with Crippen molar-refractivity contribution in [2.45, 2.75) is 64.0 Å². The Morgan fingerprint density at radius 3 is 2.32 bits per heavy atom. The molecule has 0 unspecified atom stereocenters. The van der Waals surface area contributed by atoms with Gasteiger partial charge >= 0.3 is 18.4 Å². The Morgan fingerprint density at radius 2 is 1.71 bits per heavy atom. The lowest BCUT2D eigenvalue weighted by molar-refractivity contribution is -0.153. The molecule has 3 rings (SSSR count). The number of carbonyl (C=O) groups excluding carboxylic acids is 2. The normalized spacial score (nSPS) is 18.6. The molecule has 0 aliphatic heterocycles. The first-order valence-electron chi connectivity index (χ1n) is 11.7. The minimum absolute atomic E-state index is 0.177. The molecular formula is C24H26F6N4O4. The average Bonchev–Trinajstić information content (AvgIpc) is 3.23. The number of alkyl carbamates (subject to hydrolysis) is 1. The zero-order valence-electron chi connectivity index (χ0n) is 20.4. The summed E-state index contributed by atoms with van der Waals surface area (Å²) >= 11 is 0. The number of para-hydroxylation sites is 1. The second-order valence-corrected chi connectivity index (χ2v) is 8.57. The van der Waals surface area contributed by atoms with Crippen LogP contribution in [0.2, 0.25) is 0 Å². The van der Waals surface area contributed by atoms with Crippen LogP contribution in [0.25, 0.3) is 0 Å². The Bertz CT molecular complexity index is 1170. The van der Waals surface area contributed by atoms with E-state index in [1.807, 2.05) is 0 Å². The van der Waals surface area contributed by atoms with E-state index in [1.54, 1.807) is 6.92 Å². The number of aliphatic imine (C=N–C) groups is 1. The summed E-state index contributed by atoms with van der Waals surface area (Å²) in [6.07, 6.45) is -8.60. The third-order valence-electron chi connectivity index (χ3n) is 5.68. The monoisotopic (exact) mass is 548 g/mol. The lowest BCUT2D eigenvalue weighted by Gasteiger charge is -2.27. The van der Waals surface area contributed by atoms with Crippen molar-refractivity contribution < 1.29 is 45.1 Å². The van der Waals surface area contributed by atoms with Gasteiger partial charge in [0.2, 0.25) is 11.7 Å². The number of carbonyl (C=O) groups is 2. The SMILES string of the molecule is CCOC(=O)NC1CCC(N=C(NC(=O)c2cc(C)oc2C(F)(F)F)Nc2ccccc2C(F)(F)F)CC1. The van der Waals surface area contributed by atoms with E-state index in [2.05, 4.69) is 25.4 Å². The van der Waals surface area contributed by atoms with Crippen molar-refractivity contribution >= 4 is 23.6 Å². The fraction of sp³-hybridized carbons (Fsp3) is 0.458. The van der Waals surface area contributed by atoms with Crippen LogP contribution in [0.1, 0.15) is 60.0 Å². The van der Waals surface area contributed by atoms with Gasteiger partial charge in [-0.15, -0.1) is 0 Å². The van der Waals surface area contributed by atoms with Gasteiger partial charge in [0.25, 0.3) is 5.91 Å². The van der Waals surface area contributed by atoms with Gasteiger partial charge in [-0.1, -0.05) is 12.1 Å². The Labute approximate surface area is 213 Å². The number of hydrogen-bond donors (Lipinski definition) is 3. The van der Waals surface area contributed by atoms with E-state index < -0.39 is 58.9 Å². The van der Waals surface area contributed by atoms with E-state index in [9.17, 15) is 35.9 Å². The number of furan rings is 1. The Morgan fingerprint density at radius 1 is 1.05 bits per heavy atom. The maximum Gasteiger partial charge on any atom is 0.450 e. The van der Waals surface area contributed by atoms with Gasteiger partial charge in [-0.3, -0.25) is 10.1 Å². The summed E-state index contributed by atoms with van der Waals surface area (Å²) in [6.45, 7) is 3.08. The second-order valence-electron chi connectivity index (χ2n) is 8.57. The molecule has 1 aliphatic rings. The molecule has 2 aromatic rings. The molecule has 1 heterocycles. The third kappa shape index (κ3) is 7.65. The van der Waals surface area contributed by atoms with Crippen LogP contribution < -0.4 is 16.0 Å². The van der Waals surface area contributed by atoms with Crippen molar-refractivity contribution in [2.24, 2.45) is 4.99 Å². The van der Waals surface area contributed by atoms with Gasteiger partial charge in [-0.05, 0) is 57.7 Å². The van der Waals surface area contributed by atoms with Crippen LogP contribution in [0.5, 0.6) is 0 Å². The van der Waals surface area contributed by atoms with Crippen molar-refractivity contribution in [2.75, 3.05) is 11.9 Å². The molecule has 1 aromatic carbocycles. The molecule has 14 heteroatoms. The highest BCUT2D eigenvalue weighted by atomic mass is 19.4. The number of alkyl halides is 6. The number of rotatable bonds is 5. The van der Waals surface area contributed by atoms with Crippen molar-refractivity contribution in [3.63, 3.8) is 0 Å². The number of anilines is 1. The van der Waals surface area contributed by atoms with Crippen LogP contribution in [0.3, 0.4) is 0 Å². The van der Waals surface area contributed by atoms with Gasteiger partial charge in [0.15, 0.2) is 0 Å². The lowest BCUT2D eigenvalue weighted by Crippen LogP contribution is -2.41. The molecule has 0 bridgehead atoms. The molecule has 0 saturated heterocycles. The molecular weight excluding hydrogens is 522 g/mol. The van der Waals surface area contributed by atoms with Gasteiger partial charge in [0.1, 0.15) is 5.76 Å². The molecule has 1 fully saturated rings. The molecule has 38 heavy (non-hydrogen) atoms. The largest absolute Gasteiger partial charge is 0.456 e. The van der Waals surface area contributed by atoms with Gasteiger partial charge in [0, 0.05) is 6.04 Å². The minimum atomic E-state index is -4.97. The summed E-state index contributed by atoms with van der Waals surface area (Å²) in [7, 11) is 0. The molecule has 1 aliphatic carbocycles. The van der Waals surface area contributed by atoms with E-state index in [1.165, 1.54) is 19.1 Å². The van der Waals surface area contributed by atoms with E-state index >= 15 is 0 Å². The predicted molar refractivity (Wildman–Crippen MR) is 125 cm³/mol. The molecule has 208 valence electrons. The molecule has 1 aromatic heterocycles. The van der Waals surface area contributed by atoms with Crippen molar-refractivity contribution in [1.82, 2.24) is 10.6 Å². The molecule has 0 spiro atoms. The Balaban J connectivity index is 1.86. The van der Waals surface area contributed by atoms with Crippen LogP contribution in [0.4, 0.5) is 36.8 Å². The third-order valence-corrected chi connectivity index (χ3v) is 5.68. The van der Waals surface area contributed by atoms with Crippen LogP contribution in [0, 0.1) is 6.92 Å². The highest BCUT2D eigenvalue weighted by Gasteiger charge is 2.40. The minimum Gasteiger partial charge on any atom is -0.456 e. The van der Waals surface area contributed by atoms with E-state index in [0.717, 1.165) is 18.2 Å². The molecule has 2 amide bonds. The number of guanidine groups is 1. The second kappa shape index (κ2) is 11.8. The first-order valence-corrected chi connectivity index (χ1v) is 11.7. The van der Waals surface area contributed by atoms with E-state index in [-0.39, 0.29) is 18.4 Å². The zero-order valence-corrected chi connectivity index (χ0v) is 20.4. The Kier molecular flexibility index (Phi) is 8.94. The smallest absolute Gasteiger partial charge is 0.450 e. The van der Waals surface area contributed by atoms with Crippen molar-refractivity contribution in [3.05, 3.63) is 53.0 Å². The summed E-state index contributed by atoms with van der Waals surface area (Å²) in [6, 6.07) is 4.59. The quantitative estimate of drug-likeness (QED) is 0.246. The number of aryl methyl sites for hydroxylation is 1. The van der Waals surface area contributed by atoms with Crippen LogP contribution in [-0.2, 0) is 17.1 Å². The first-order chi connectivity index (χ1) is 17.8. The molecule has 1 saturated carbocycles. The van der Waals surface area contributed by atoms with Crippen LogP contribution >= 0.6 is 0 Å². The predicted octanol–water partition coefficient (Wildman–Crippen LogP) is 5.88. The molecule has 3 N–H and O–H groups in total. The zero-order chi connectivity index (χ0) is 28.1. The number of nitrogens with one attached hydrogen (secondary N) is 3. The molecule has 0 atom stereocenters. The lowest BCUT2D eigenvalue weighted by atomic mass is 9.92. The number of ether oxygens (including phenoxy) is 1. The van der Waals surface area contributed by atoms with Gasteiger partial charge in [0.05, 0.1) is 29.5 Å². The average molecular weight is 548 g/mol. The fourth-order valence-corrected chi connectivity index (χ4v) is 4.00. The summed E-state index contributed by atoms with van der Waals surface area (Å²) in [5.74, 6) is -3.43. The summed E-state index contributed by atoms with van der Waals surface area (Å²) in [5.41, 5.74) is -2.34. The van der Waals surface area contributed by atoms with Gasteiger partial charge in [-0.2, -0.15) is 26.3 Å². The number of amides is 2. The molecule has 8 nitrogen and oxygen atoms in total. The summed E-state index contributed by atoms with van der Waals surface area (Å²) in [5, 5.41) is 7.30. The highest BCUT2D eigenvalue weighted by molar-refractivity contribution is 6.10. The van der Waals surface area contributed by atoms with Crippen molar-refractivity contribution in [1.29, 1.82) is 0 Å². The van der Waals surface area contributed by atoms with E-state index in [0.29, 0.717) is 25.7 Å². The number of halogens is 6. The van der Waals surface area contributed by atoms with Gasteiger partial charge < -0.3 is 19.8 Å². The fourth-order valence-electron chi connectivity index (χ4n) is 4.00. The Hall–Kier alpha value is -3.71. The van der Waals surface area contributed by atoms with Gasteiger partial charge in [-0.25, -0.2) is 9.79 Å². The summed E-state index contributed by atoms with van der Waals surface area (Å²) < 4.78 is 90.1. The number of benzene rings is 1. The molecule has 0 radical (unpaired) electrons. The maximum atomic E-state index is 13.5. The first kappa shape index (κ1) is 28.9. The summed E-state index contributed by atoms with van der Waals surface area (Å²) in [4.78, 5) is 28.8. The van der Waals surface area contributed by atoms with E-state index in [4.69, 9.17) is 4.74 Å². The highest BCUT2D eigenvalue weighted by Crippen LogP contribution is 2.35. The maximum absolute atomic E-state index is 13.5. The standard InChI is InChI=1S/C24H26F6N4O4/c1-3-37-22(36)32-15-10-8-14(9-11-15)31-21(33-18-7-5-4-6-17(18)23(25,26)27)34-20(35)16-12-13(2)38-19(16)24(28,29)30/h4-7,12,14-15H,3,8-11H2,1-2H3,(H,32,36)(H2,31,33,34,35). The van der Waals surface area contributed by atoms with Crippen LogP contribution in [0.15, 0.2) is 39.7 Å². The van der Waals surface area contributed by atoms with Crippen molar-refractivity contribution in [3.8, 4) is 0 Å².